The molecule has 0 amide bonds. The molecule has 2 aliphatic rings. The molecule has 0 bridgehead atoms. The molecule has 9 heteroatoms. The maximum Gasteiger partial charge on any atom is 0.417 e. The number of carbonyl (C=O) groups is 1. The number of aromatic amines is 1. The number of esters is 1. The lowest BCUT2D eigenvalue weighted by molar-refractivity contribution is -0.146. The van der Waals surface area contributed by atoms with Gasteiger partial charge in [0, 0.05) is 19.0 Å². The van der Waals surface area contributed by atoms with Crippen molar-refractivity contribution < 1.29 is 27.1 Å². The summed E-state index contributed by atoms with van der Waals surface area (Å²) in [5.41, 5.74) is 3.12. The minimum atomic E-state index is -4.38. The van der Waals surface area contributed by atoms with E-state index in [0.717, 1.165) is 61.9 Å². The minimum absolute atomic E-state index is 0.0244. The van der Waals surface area contributed by atoms with Gasteiger partial charge in [0.05, 0.1) is 11.1 Å². The molecule has 5 rings (SSSR count). The van der Waals surface area contributed by atoms with Crippen LogP contribution < -0.4 is 5.76 Å². The third-order valence-corrected chi connectivity index (χ3v) is 7.37. The number of oxazole rings is 1. The molecule has 1 aliphatic heterocycles. The van der Waals surface area contributed by atoms with Crippen LogP contribution in [0.1, 0.15) is 55.2 Å². The molecule has 1 saturated carbocycles. The molecule has 3 aromatic rings. The van der Waals surface area contributed by atoms with E-state index in [2.05, 4.69) is 28.2 Å². The Labute approximate surface area is 217 Å². The number of nitrogens with zero attached hydrogens (tertiary/aromatic N) is 1. The van der Waals surface area contributed by atoms with Crippen LogP contribution in [-0.2, 0) is 22.3 Å². The van der Waals surface area contributed by atoms with Gasteiger partial charge in [0.1, 0.15) is 6.61 Å². The molecule has 38 heavy (non-hydrogen) atoms. The van der Waals surface area contributed by atoms with Gasteiger partial charge in [-0.1, -0.05) is 24.3 Å². The molecule has 2 heterocycles. The van der Waals surface area contributed by atoms with E-state index in [1.807, 2.05) is 18.2 Å². The molecule has 6 nitrogen and oxygen atoms in total. The highest BCUT2D eigenvalue weighted by Crippen LogP contribution is 2.32. The van der Waals surface area contributed by atoms with E-state index in [1.54, 1.807) is 0 Å². The normalized spacial score (nSPS) is 20.3. The Morgan fingerprint density at radius 2 is 1.84 bits per heavy atom. The number of alkyl halides is 3. The fourth-order valence-corrected chi connectivity index (χ4v) is 5.26. The molecular weight excluding hydrogens is 497 g/mol. The molecule has 0 saturated heterocycles. The first kappa shape index (κ1) is 25.9. The van der Waals surface area contributed by atoms with Gasteiger partial charge in [0.25, 0.3) is 0 Å². The number of benzene rings is 2. The Morgan fingerprint density at radius 3 is 2.58 bits per heavy atom. The SMILES string of the molecule is O=C(CC1CCC(N2C=CC(c3ccc4[nH]c(=O)oc4c3)=CCC2)CC1)OCc1ccc(C(F)(F)F)cc1. The van der Waals surface area contributed by atoms with Crippen molar-refractivity contribution in [1.29, 1.82) is 0 Å². The summed E-state index contributed by atoms with van der Waals surface area (Å²) in [5.74, 6) is -0.525. The Morgan fingerprint density at radius 1 is 1.08 bits per heavy atom. The van der Waals surface area contributed by atoms with Gasteiger partial charge in [-0.05, 0) is 91.3 Å². The lowest BCUT2D eigenvalue weighted by Crippen LogP contribution is -2.35. The molecule has 200 valence electrons. The molecule has 1 N–H and O–H groups in total. The summed E-state index contributed by atoms with van der Waals surface area (Å²) >= 11 is 0. The number of halogens is 3. The average molecular weight is 527 g/mol. The number of ether oxygens (including phenoxy) is 1. The number of rotatable bonds is 6. The Hall–Kier alpha value is -3.75. The second-order valence-corrected chi connectivity index (χ2v) is 9.96. The van der Waals surface area contributed by atoms with Crippen molar-refractivity contribution in [3.63, 3.8) is 0 Å². The van der Waals surface area contributed by atoms with Crippen LogP contribution in [0, 0.1) is 5.92 Å². The molecule has 0 spiro atoms. The van der Waals surface area contributed by atoms with E-state index in [1.165, 1.54) is 12.1 Å². The third-order valence-electron chi connectivity index (χ3n) is 7.37. The zero-order valence-electron chi connectivity index (χ0n) is 20.8. The number of hydrogen-bond acceptors (Lipinski definition) is 5. The second-order valence-electron chi connectivity index (χ2n) is 9.96. The number of H-pyrrole nitrogens is 1. The third kappa shape index (κ3) is 6.20. The lowest BCUT2D eigenvalue weighted by atomic mass is 9.83. The van der Waals surface area contributed by atoms with Gasteiger partial charge in [0.15, 0.2) is 5.58 Å². The van der Waals surface area contributed by atoms with Crippen molar-refractivity contribution in [3.8, 4) is 0 Å². The fourth-order valence-electron chi connectivity index (χ4n) is 5.26. The summed E-state index contributed by atoms with van der Waals surface area (Å²) in [7, 11) is 0. The van der Waals surface area contributed by atoms with E-state index in [4.69, 9.17) is 9.15 Å². The summed E-state index contributed by atoms with van der Waals surface area (Å²) in [4.78, 5) is 28.8. The van der Waals surface area contributed by atoms with Crippen LogP contribution >= 0.6 is 0 Å². The number of nitrogens with one attached hydrogen (secondary N) is 1. The number of allylic oxidation sites excluding steroid dienone is 2. The Balaban J connectivity index is 1.08. The largest absolute Gasteiger partial charge is 0.461 e. The molecule has 0 atom stereocenters. The van der Waals surface area contributed by atoms with Crippen molar-refractivity contribution in [2.24, 2.45) is 5.92 Å². The lowest BCUT2D eigenvalue weighted by Gasteiger charge is -2.35. The van der Waals surface area contributed by atoms with Crippen LogP contribution in [0.5, 0.6) is 0 Å². The molecule has 2 aromatic carbocycles. The molecular formula is C29H29F3N2O4. The van der Waals surface area contributed by atoms with E-state index in [0.29, 0.717) is 29.1 Å². The number of fused-ring (bicyclic) bond motifs is 1. The smallest absolute Gasteiger partial charge is 0.417 e. The number of aromatic nitrogens is 1. The Kier molecular flexibility index (Phi) is 7.44. The topological polar surface area (TPSA) is 75.5 Å². The first-order valence-corrected chi connectivity index (χ1v) is 12.8. The van der Waals surface area contributed by atoms with Crippen LogP contribution in [0.25, 0.3) is 16.7 Å². The van der Waals surface area contributed by atoms with Gasteiger partial charge in [-0.25, -0.2) is 4.79 Å². The highest BCUT2D eigenvalue weighted by Gasteiger charge is 2.30. The predicted octanol–water partition coefficient (Wildman–Crippen LogP) is 6.44. The molecule has 0 radical (unpaired) electrons. The van der Waals surface area contributed by atoms with Crippen LogP contribution in [0.15, 0.2) is 70.0 Å². The van der Waals surface area contributed by atoms with Crippen LogP contribution in [-0.4, -0.2) is 28.4 Å². The van der Waals surface area contributed by atoms with E-state index in [-0.39, 0.29) is 18.5 Å². The highest BCUT2D eigenvalue weighted by atomic mass is 19.4. The number of hydrogen-bond donors (Lipinski definition) is 1. The summed E-state index contributed by atoms with van der Waals surface area (Å²) in [5, 5.41) is 0. The van der Waals surface area contributed by atoms with Crippen LogP contribution in [0.4, 0.5) is 13.2 Å². The van der Waals surface area contributed by atoms with Gasteiger partial charge in [0.2, 0.25) is 0 Å². The standard InChI is InChI=1S/C29H29F3N2O4/c30-29(31,32)23-8-3-20(4-9-23)18-37-27(35)16-19-5-10-24(11-6-19)34-14-1-2-21(13-15-34)22-7-12-25-26(17-22)38-28(36)33-25/h2-4,7-9,12-13,15,17,19,24H,1,5-6,10-11,14,16,18H2,(H,33,36). The van der Waals surface area contributed by atoms with Crippen molar-refractivity contribution in [2.75, 3.05) is 6.54 Å². The van der Waals surface area contributed by atoms with E-state index >= 15 is 0 Å². The summed E-state index contributed by atoms with van der Waals surface area (Å²) in [6, 6.07) is 10.8. The highest BCUT2D eigenvalue weighted by molar-refractivity contribution is 5.82. The van der Waals surface area contributed by atoms with Crippen LogP contribution in [0.2, 0.25) is 0 Å². The van der Waals surface area contributed by atoms with Gasteiger partial charge >= 0.3 is 17.9 Å². The van der Waals surface area contributed by atoms with Crippen molar-refractivity contribution >= 4 is 22.6 Å². The van der Waals surface area contributed by atoms with E-state index in [9.17, 15) is 22.8 Å². The number of carbonyl (C=O) groups excluding carboxylic acids is 1. The predicted molar refractivity (Wildman–Crippen MR) is 137 cm³/mol. The summed E-state index contributed by atoms with van der Waals surface area (Å²) < 4.78 is 48.6. The maximum atomic E-state index is 12.7. The Bertz CT molecular complexity index is 1390. The minimum Gasteiger partial charge on any atom is -0.461 e. The zero-order valence-corrected chi connectivity index (χ0v) is 20.8. The second kappa shape index (κ2) is 10.9. The van der Waals surface area contributed by atoms with Crippen molar-refractivity contribution in [3.05, 3.63) is 88.1 Å². The first-order chi connectivity index (χ1) is 18.2. The maximum absolute atomic E-state index is 12.7. The average Bonchev–Trinajstić information content (AvgIpc) is 3.10. The quantitative estimate of drug-likeness (QED) is 0.375. The monoisotopic (exact) mass is 526 g/mol. The van der Waals surface area contributed by atoms with Gasteiger partial charge in [-0.2, -0.15) is 13.2 Å². The zero-order chi connectivity index (χ0) is 26.7. The summed E-state index contributed by atoms with van der Waals surface area (Å²) in [6.45, 7) is 0.884. The van der Waals surface area contributed by atoms with Gasteiger partial charge < -0.3 is 14.1 Å². The molecule has 1 aliphatic carbocycles. The van der Waals surface area contributed by atoms with Gasteiger partial charge in [-0.3, -0.25) is 9.78 Å². The van der Waals surface area contributed by atoms with Gasteiger partial charge in [-0.15, -0.1) is 0 Å². The van der Waals surface area contributed by atoms with Crippen LogP contribution in [0.3, 0.4) is 0 Å². The van der Waals surface area contributed by atoms with Crippen molar-refractivity contribution in [2.45, 2.75) is 57.3 Å². The fraction of sp³-hybridized carbons (Fsp3) is 0.379. The first-order valence-electron chi connectivity index (χ1n) is 12.8. The molecule has 0 unspecified atom stereocenters. The van der Waals surface area contributed by atoms with Crippen molar-refractivity contribution in [1.82, 2.24) is 9.88 Å². The summed E-state index contributed by atoms with van der Waals surface area (Å²) in [6.07, 6.45) is 7.09. The molecule has 1 fully saturated rings. The van der Waals surface area contributed by atoms with E-state index < -0.39 is 17.5 Å². The molecule has 1 aromatic heterocycles.